The van der Waals surface area contributed by atoms with E-state index in [1.54, 1.807) is 19.1 Å². The van der Waals surface area contributed by atoms with E-state index in [1.165, 1.54) is 39.5 Å². The molecule has 2 aromatic rings. The highest BCUT2D eigenvalue weighted by atomic mass is 32.2. The molecular formula is C19H21F2N3O3S. The third-order valence-corrected chi connectivity index (χ3v) is 6.56. The monoisotopic (exact) mass is 409 g/mol. The lowest BCUT2D eigenvalue weighted by molar-refractivity contribution is 0.169. The van der Waals surface area contributed by atoms with Gasteiger partial charge in [0.2, 0.25) is 10.0 Å². The highest BCUT2D eigenvalue weighted by Crippen LogP contribution is 2.19. The zero-order valence-electron chi connectivity index (χ0n) is 15.3. The van der Waals surface area contributed by atoms with Gasteiger partial charge in [-0.1, -0.05) is 18.2 Å². The molecule has 1 heterocycles. The molecule has 2 aromatic carbocycles. The lowest BCUT2D eigenvalue weighted by Gasteiger charge is -2.34. The van der Waals surface area contributed by atoms with Gasteiger partial charge in [-0.25, -0.2) is 22.0 Å². The minimum absolute atomic E-state index is 0.102. The summed E-state index contributed by atoms with van der Waals surface area (Å²) < 4.78 is 52.8. The quantitative estimate of drug-likeness (QED) is 0.844. The van der Waals surface area contributed by atoms with Crippen LogP contribution in [0.25, 0.3) is 0 Å². The summed E-state index contributed by atoms with van der Waals surface area (Å²) in [6.45, 7) is 2.47. The topological polar surface area (TPSA) is 69.7 Å². The molecule has 0 spiro atoms. The third-order valence-electron chi connectivity index (χ3n) is 4.67. The first-order valence-electron chi connectivity index (χ1n) is 8.84. The molecule has 6 nitrogen and oxygen atoms in total. The van der Waals surface area contributed by atoms with Gasteiger partial charge in [0, 0.05) is 26.2 Å². The first-order chi connectivity index (χ1) is 13.3. The second-order valence-corrected chi connectivity index (χ2v) is 8.51. The number of benzene rings is 2. The summed E-state index contributed by atoms with van der Waals surface area (Å²) >= 11 is 0. The number of carbonyl (C=O) groups excluding carboxylic acids is 1. The maximum Gasteiger partial charge on any atom is 0.317 e. The number of halogens is 2. The molecule has 1 unspecified atom stereocenters. The molecule has 1 atom stereocenters. The van der Waals surface area contributed by atoms with Crippen LogP contribution in [0.3, 0.4) is 0 Å². The number of amides is 2. The van der Waals surface area contributed by atoms with Crippen LogP contribution in [0.15, 0.2) is 53.4 Å². The smallest absolute Gasteiger partial charge is 0.317 e. The molecule has 28 heavy (non-hydrogen) atoms. The van der Waals surface area contributed by atoms with E-state index in [0.717, 1.165) is 11.6 Å². The summed E-state index contributed by atoms with van der Waals surface area (Å²) in [5.74, 6) is -0.966. The number of rotatable bonds is 4. The Balaban J connectivity index is 1.58. The Labute approximate surface area is 162 Å². The fourth-order valence-corrected chi connectivity index (χ4v) is 4.47. The maximum absolute atomic E-state index is 13.4. The summed E-state index contributed by atoms with van der Waals surface area (Å²) in [5.41, 5.74) is 0.766. The van der Waals surface area contributed by atoms with E-state index >= 15 is 0 Å². The van der Waals surface area contributed by atoms with Crippen molar-refractivity contribution in [3.8, 4) is 0 Å². The van der Waals surface area contributed by atoms with E-state index in [2.05, 4.69) is 5.32 Å². The van der Waals surface area contributed by atoms with Gasteiger partial charge in [-0.05, 0) is 42.8 Å². The number of hydrogen-bond donors (Lipinski definition) is 1. The van der Waals surface area contributed by atoms with Gasteiger partial charge >= 0.3 is 6.03 Å². The molecule has 1 aliphatic heterocycles. The second-order valence-electron chi connectivity index (χ2n) is 6.57. The molecular weight excluding hydrogens is 388 g/mol. The van der Waals surface area contributed by atoms with Gasteiger partial charge in [0.25, 0.3) is 0 Å². The van der Waals surface area contributed by atoms with E-state index in [4.69, 9.17) is 0 Å². The predicted molar refractivity (Wildman–Crippen MR) is 100 cm³/mol. The first kappa shape index (κ1) is 20.2. The molecule has 0 saturated carbocycles. The second kappa shape index (κ2) is 8.24. The molecule has 0 aromatic heterocycles. The van der Waals surface area contributed by atoms with E-state index in [-0.39, 0.29) is 49.0 Å². The van der Waals surface area contributed by atoms with Crippen LogP contribution in [0.5, 0.6) is 0 Å². The Hall–Kier alpha value is -2.52. The van der Waals surface area contributed by atoms with Crippen molar-refractivity contribution in [3.05, 3.63) is 65.7 Å². The van der Waals surface area contributed by atoms with Crippen LogP contribution in [-0.4, -0.2) is 49.8 Å². The van der Waals surface area contributed by atoms with Crippen molar-refractivity contribution in [2.75, 3.05) is 26.2 Å². The van der Waals surface area contributed by atoms with Crippen LogP contribution in [0.2, 0.25) is 0 Å². The normalized spacial score (nSPS) is 16.6. The number of piperazine rings is 1. The third kappa shape index (κ3) is 4.48. The maximum atomic E-state index is 13.4. The Morgan fingerprint density at radius 3 is 2.25 bits per heavy atom. The van der Waals surface area contributed by atoms with Crippen molar-refractivity contribution in [3.63, 3.8) is 0 Å². The zero-order valence-corrected chi connectivity index (χ0v) is 16.1. The summed E-state index contributed by atoms with van der Waals surface area (Å²) in [6.07, 6.45) is 0. The molecule has 2 amide bonds. The Kier molecular flexibility index (Phi) is 5.95. The van der Waals surface area contributed by atoms with Gasteiger partial charge in [-0.15, -0.1) is 0 Å². The average molecular weight is 409 g/mol. The van der Waals surface area contributed by atoms with E-state index in [0.29, 0.717) is 0 Å². The molecule has 1 saturated heterocycles. The number of carbonyl (C=O) groups is 1. The number of nitrogens with zero attached hydrogens (tertiary/aromatic N) is 2. The number of nitrogens with one attached hydrogen (secondary N) is 1. The number of hydrogen-bond acceptors (Lipinski definition) is 3. The molecule has 0 aliphatic carbocycles. The Bertz CT molecular complexity index is 943. The van der Waals surface area contributed by atoms with Crippen molar-refractivity contribution in [2.24, 2.45) is 0 Å². The lowest BCUT2D eigenvalue weighted by atomic mass is 10.1. The highest BCUT2D eigenvalue weighted by molar-refractivity contribution is 7.89. The first-order valence-corrected chi connectivity index (χ1v) is 10.3. The van der Waals surface area contributed by atoms with Crippen LogP contribution >= 0.6 is 0 Å². The molecule has 3 rings (SSSR count). The average Bonchev–Trinajstić information content (AvgIpc) is 2.68. The van der Waals surface area contributed by atoms with E-state index in [9.17, 15) is 22.0 Å². The van der Waals surface area contributed by atoms with Crippen molar-refractivity contribution in [1.29, 1.82) is 0 Å². The zero-order chi connectivity index (χ0) is 20.3. The molecule has 1 fully saturated rings. The fourth-order valence-electron chi connectivity index (χ4n) is 3.02. The Morgan fingerprint density at radius 1 is 1.00 bits per heavy atom. The van der Waals surface area contributed by atoms with Crippen LogP contribution in [0, 0.1) is 11.6 Å². The molecule has 9 heteroatoms. The SMILES string of the molecule is CC(NC(=O)N1CCN(S(=O)(=O)c2cccc(F)c2)CC1)c1ccc(F)cc1. The lowest BCUT2D eigenvalue weighted by Crippen LogP contribution is -2.53. The van der Waals surface area contributed by atoms with Gasteiger partial charge in [-0.2, -0.15) is 4.31 Å². The summed E-state index contributed by atoms with van der Waals surface area (Å²) in [5, 5.41) is 2.83. The molecule has 0 bridgehead atoms. The summed E-state index contributed by atoms with van der Waals surface area (Å²) in [7, 11) is -3.80. The van der Waals surface area contributed by atoms with Gasteiger partial charge < -0.3 is 10.2 Å². The minimum Gasteiger partial charge on any atom is -0.331 e. The number of urea groups is 1. The van der Waals surface area contributed by atoms with Crippen molar-refractivity contribution in [1.82, 2.24) is 14.5 Å². The van der Waals surface area contributed by atoms with E-state index < -0.39 is 15.8 Å². The van der Waals surface area contributed by atoms with Crippen LogP contribution in [0.4, 0.5) is 13.6 Å². The van der Waals surface area contributed by atoms with Crippen LogP contribution in [0.1, 0.15) is 18.5 Å². The van der Waals surface area contributed by atoms with Gasteiger partial charge in [0.1, 0.15) is 11.6 Å². The molecule has 1 N–H and O–H groups in total. The standard InChI is InChI=1S/C19H21F2N3O3S/c1-14(15-5-7-16(20)8-6-15)22-19(25)23-9-11-24(12-10-23)28(26,27)18-4-2-3-17(21)13-18/h2-8,13-14H,9-12H2,1H3,(H,22,25). The van der Waals surface area contributed by atoms with Crippen LogP contribution in [-0.2, 0) is 10.0 Å². The largest absolute Gasteiger partial charge is 0.331 e. The Morgan fingerprint density at radius 2 is 1.64 bits per heavy atom. The predicted octanol–water partition coefficient (Wildman–Crippen LogP) is 2.74. The van der Waals surface area contributed by atoms with Gasteiger partial charge in [-0.3, -0.25) is 0 Å². The fraction of sp³-hybridized carbons (Fsp3) is 0.316. The minimum atomic E-state index is -3.80. The summed E-state index contributed by atoms with van der Waals surface area (Å²) in [6, 6.07) is 10.1. The van der Waals surface area contributed by atoms with Crippen molar-refractivity contribution < 1.29 is 22.0 Å². The van der Waals surface area contributed by atoms with E-state index in [1.807, 2.05) is 0 Å². The van der Waals surface area contributed by atoms with Crippen LogP contribution < -0.4 is 5.32 Å². The molecule has 0 radical (unpaired) electrons. The number of sulfonamides is 1. The molecule has 1 aliphatic rings. The molecule has 150 valence electrons. The van der Waals surface area contributed by atoms with Gasteiger partial charge in [0.15, 0.2) is 0 Å². The summed E-state index contributed by atoms with van der Waals surface area (Å²) in [4.78, 5) is 13.9. The van der Waals surface area contributed by atoms with Gasteiger partial charge in [0.05, 0.1) is 10.9 Å². The van der Waals surface area contributed by atoms with Crippen molar-refractivity contribution in [2.45, 2.75) is 17.9 Å². The highest BCUT2D eigenvalue weighted by Gasteiger charge is 2.30. The van der Waals surface area contributed by atoms with Crippen molar-refractivity contribution >= 4 is 16.1 Å².